The fourth-order valence-electron chi connectivity index (χ4n) is 3.12. The Morgan fingerprint density at radius 1 is 1.07 bits per heavy atom. The van der Waals surface area contributed by atoms with E-state index >= 15 is 0 Å². The van der Waals surface area contributed by atoms with Crippen molar-refractivity contribution in [3.05, 3.63) is 53.6 Å². The third kappa shape index (κ3) is 4.57. The first kappa shape index (κ1) is 19.6. The minimum atomic E-state index is -2.98. The smallest absolute Gasteiger partial charge is 0.387 e. The van der Waals surface area contributed by atoms with Gasteiger partial charge in [-0.3, -0.25) is 4.79 Å². The number of hydrogen-bond donors (Lipinski definition) is 1. The molecule has 8 heteroatoms. The first-order valence-electron chi connectivity index (χ1n) is 8.81. The molecule has 1 amide bonds. The van der Waals surface area contributed by atoms with Crippen molar-refractivity contribution in [2.24, 2.45) is 0 Å². The maximum absolute atomic E-state index is 12.7. The van der Waals surface area contributed by atoms with Gasteiger partial charge in [-0.1, -0.05) is 6.07 Å². The van der Waals surface area contributed by atoms with Crippen molar-refractivity contribution in [2.45, 2.75) is 19.5 Å². The number of benzene rings is 2. The van der Waals surface area contributed by atoms with Gasteiger partial charge >= 0.3 is 12.6 Å². The molecule has 0 saturated carbocycles. The van der Waals surface area contributed by atoms with Crippen LogP contribution in [0.1, 0.15) is 33.6 Å². The predicted molar refractivity (Wildman–Crippen MR) is 100 cm³/mol. The number of nitrogens with zero attached hydrogens (tertiary/aromatic N) is 1. The monoisotopic (exact) mass is 390 g/mol. The average Bonchev–Trinajstić information content (AvgIpc) is 3.21. The molecular weight excluding hydrogens is 370 g/mol. The van der Waals surface area contributed by atoms with E-state index in [4.69, 9.17) is 4.74 Å². The van der Waals surface area contributed by atoms with E-state index in [0.29, 0.717) is 11.3 Å². The van der Waals surface area contributed by atoms with Crippen LogP contribution in [0, 0.1) is 0 Å². The topological polar surface area (TPSA) is 67.9 Å². The van der Waals surface area contributed by atoms with Crippen LogP contribution in [0.5, 0.6) is 5.75 Å². The molecule has 2 aromatic rings. The number of alkyl halides is 2. The number of carbonyl (C=O) groups excluding carboxylic acids is 2. The molecule has 1 heterocycles. The summed E-state index contributed by atoms with van der Waals surface area (Å²) in [4.78, 5) is 26.7. The van der Waals surface area contributed by atoms with E-state index in [-0.39, 0.29) is 11.3 Å². The molecule has 0 bridgehead atoms. The third-order valence-electron chi connectivity index (χ3n) is 4.43. The second-order valence-electron chi connectivity index (χ2n) is 6.28. The van der Waals surface area contributed by atoms with Crippen molar-refractivity contribution in [1.82, 2.24) is 0 Å². The average molecular weight is 390 g/mol. The Bertz CT molecular complexity index is 867. The molecule has 148 valence electrons. The third-order valence-corrected chi connectivity index (χ3v) is 4.43. The molecule has 1 aliphatic heterocycles. The van der Waals surface area contributed by atoms with Gasteiger partial charge in [-0.15, -0.1) is 0 Å². The predicted octanol–water partition coefficient (Wildman–Crippen LogP) is 3.93. The first-order chi connectivity index (χ1) is 13.5. The van der Waals surface area contributed by atoms with Crippen molar-refractivity contribution < 1.29 is 27.8 Å². The summed E-state index contributed by atoms with van der Waals surface area (Å²) in [5.74, 6) is -1.12. The van der Waals surface area contributed by atoms with Crippen LogP contribution in [0.15, 0.2) is 42.5 Å². The molecule has 6 nitrogen and oxygen atoms in total. The van der Waals surface area contributed by atoms with E-state index in [0.717, 1.165) is 31.6 Å². The highest BCUT2D eigenvalue weighted by Crippen LogP contribution is 2.31. The molecule has 3 rings (SSSR count). The molecule has 0 unspecified atom stereocenters. The largest absolute Gasteiger partial charge is 0.465 e. The van der Waals surface area contributed by atoms with Gasteiger partial charge < -0.3 is 19.7 Å². The lowest BCUT2D eigenvalue weighted by atomic mass is 10.1. The zero-order valence-electron chi connectivity index (χ0n) is 15.3. The first-order valence-corrected chi connectivity index (χ1v) is 8.81. The van der Waals surface area contributed by atoms with E-state index in [1.165, 1.54) is 31.4 Å². The zero-order chi connectivity index (χ0) is 20.1. The van der Waals surface area contributed by atoms with Gasteiger partial charge in [0.1, 0.15) is 5.75 Å². The van der Waals surface area contributed by atoms with Gasteiger partial charge in [0.2, 0.25) is 0 Å². The highest BCUT2D eigenvalue weighted by Gasteiger charge is 2.20. The number of esters is 1. The van der Waals surface area contributed by atoms with E-state index in [9.17, 15) is 18.4 Å². The van der Waals surface area contributed by atoms with Gasteiger partial charge in [0, 0.05) is 18.7 Å². The number of carbonyl (C=O) groups is 2. The van der Waals surface area contributed by atoms with Gasteiger partial charge in [-0.25, -0.2) is 4.79 Å². The summed E-state index contributed by atoms with van der Waals surface area (Å²) in [5, 5.41) is 2.77. The zero-order valence-corrected chi connectivity index (χ0v) is 15.3. The van der Waals surface area contributed by atoms with Crippen LogP contribution in [0.4, 0.5) is 20.2 Å². The number of halogens is 2. The SMILES string of the molecule is COC(=O)c1ccc(N2CCCC2)c(NC(=O)c2cccc(OC(F)F)c2)c1. The van der Waals surface area contributed by atoms with Gasteiger partial charge in [0.15, 0.2) is 0 Å². The van der Waals surface area contributed by atoms with E-state index < -0.39 is 18.5 Å². The number of ether oxygens (including phenoxy) is 2. The fraction of sp³-hybridized carbons (Fsp3) is 0.300. The lowest BCUT2D eigenvalue weighted by molar-refractivity contribution is -0.0498. The summed E-state index contributed by atoms with van der Waals surface area (Å²) >= 11 is 0. The Labute approximate surface area is 161 Å². The highest BCUT2D eigenvalue weighted by atomic mass is 19.3. The lowest BCUT2D eigenvalue weighted by Gasteiger charge is -2.22. The number of hydrogen-bond acceptors (Lipinski definition) is 5. The van der Waals surface area contributed by atoms with Crippen LogP contribution in [0.3, 0.4) is 0 Å². The molecule has 1 saturated heterocycles. The van der Waals surface area contributed by atoms with Crippen LogP contribution in [-0.2, 0) is 4.74 Å². The quantitative estimate of drug-likeness (QED) is 0.757. The number of anilines is 2. The molecule has 1 aliphatic rings. The Morgan fingerprint density at radius 3 is 2.50 bits per heavy atom. The van der Waals surface area contributed by atoms with E-state index in [1.807, 2.05) is 0 Å². The van der Waals surface area contributed by atoms with Crippen molar-refractivity contribution >= 4 is 23.3 Å². The minimum absolute atomic E-state index is 0.106. The van der Waals surface area contributed by atoms with Gasteiger partial charge in [0.05, 0.1) is 24.0 Å². The van der Waals surface area contributed by atoms with Crippen molar-refractivity contribution in [3.63, 3.8) is 0 Å². The lowest BCUT2D eigenvalue weighted by Crippen LogP contribution is -2.21. The minimum Gasteiger partial charge on any atom is -0.465 e. The van der Waals surface area contributed by atoms with Gasteiger partial charge in [0.25, 0.3) is 5.91 Å². The fourth-order valence-corrected chi connectivity index (χ4v) is 3.12. The van der Waals surface area contributed by atoms with Crippen LogP contribution in [-0.4, -0.2) is 38.7 Å². The number of amides is 1. The summed E-state index contributed by atoms with van der Waals surface area (Å²) in [5.41, 5.74) is 1.71. The summed E-state index contributed by atoms with van der Waals surface area (Å²) in [6.45, 7) is -1.28. The molecule has 0 spiro atoms. The Morgan fingerprint density at radius 2 is 1.82 bits per heavy atom. The Kier molecular flexibility index (Phi) is 6.08. The molecule has 1 N–H and O–H groups in total. The molecule has 28 heavy (non-hydrogen) atoms. The maximum Gasteiger partial charge on any atom is 0.387 e. The molecule has 0 aromatic heterocycles. The summed E-state index contributed by atoms with van der Waals surface area (Å²) in [6.07, 6.45) is 2.08. The second-order valence-corrected chi connectivity index (χ2v) is 6.28. The standard InChI is InChI=1S/C20H20F2N2O4/c1-27-19(26)14-7-8-17(24-9-2-3-10-24)16(12-14)23-18(25)13-5-4-6-15(11-13)28-20(21)22/h4-8,11-12,20H,2-3,9-10H2,1H3,(H,23,25). The van der Waals surface area contributed by atoms with Gasteiger partial charge in [-0.2, -0.15) is 8.78 Å². The normalized spacial score (nSPS) is 13.5. The number of rotatable bonds is 6. The van der Waals surface area contributed by atoms with Gasteiger partial charge in [-0.05, 0) is 49.2 Å². The highest BCUT2D eigenvalue weighted by molar-refractivity contribution is 6.07. The van der Waals surface area contributed by atoms with Crippen LogP contribution in [0.2, 0.25) is 0 Å². The summed E-state index contributed by atoms with van der Waals surface area (Å²) < 4.78 is 33.9. The maximum atomic E-state index is 12.7. The van der Waals surface area contributed by atoms with E-state index in [1.54, 1.807) is 18.2 Å². The second kappa shape index (κ2) is 8.69. The van der Waals surface area contributed by atoms with Crippen LogP contribution >= 0.6 is 0 Å². The van der Waals surface area contributed by atoms with E-state index in [2.05, 4.69) is 15.0 Å². The van der Waals surface area contributed by atoms with Crippen molar-refractivity contribution in [2.75, 3.05) is 30.4 Å². The molecular formula is C20H20F2N2O4. The molecule has 0 aliphatic carbocycles. The molecule has 2 aromatic carbocycles. The Hall–Kier alpha value is -3.16. The van der Waals surface area contributed by atoms with Crippen LogP contribution in [0.25, 0.3) is 0 Å². The summed E-state index contributed by atoms with van der Waals surface area (Å²) in [7, 11) is 1.28. The Balaban J connectivity index is 1.88. The summed E-state index contributed by atoms with van der Waals surface area (Å²) in [6, 6.07) is 10.5. The molecule has 0 atom stereocenters. The van der Waals surface area contributed by atoms with Crippen molar-refractivity contribution in [1.29, 1.82) is 0 Å². The molecule has 1 fully saturated rings. The van der Waals surface area contributed by atoms with Crippen LogP contribution < -0.4 is 15.0 Å². The number of methoxy groups -OCH3 is 1. The molecule has 0 radical (unpaired) electrons. The van der Waals surface area contributed by atoms with Crippen molar-refractivity contribution in [3.8, 4) is 5.75 Å². The number of nitrogens with one attached hydrogen (secondary N) is 1.